The molecule has 1 saturated heterocycles. The van der Waals surface area contributed by atoms with Gasteiger partial charge in [-0.1, -0.05) is 41.0 Å². The van der Waals surface area contributed by atoms with Crippen molar-refractivity contribution in [3.63, 3.8) is 0 Å². The van der Waals surface area contributed by atoms with Gasteiger partial charge in [-0.3, -0.25) is 10.1 Å². The minimum atomic E-state index is -0.890. The number of hydrogen-bond donors (Lipinski definition) is 0. The van der Waals surface area contributed by atoms with E-state index in [0.717, 1.165) is 19.3 Å². The minimum Gasteiger partial charge on any atom is -0.431 e. The fourth-order valence-electron chi connectivity index (χ4n) is 3.45. The second-order valence-corrected chi connectivity index (χ2v) is 8.99. The van der Waals surface area contributed by atoms with Crippen LogP contribution in [0.1, 0.15) is 60.3 Å². The number of nitrogens with zero attached hydrogens (tertiary/aromatic N) is 1. The average molecular weight is 424 g/mol. The lowest BCUT2D eigenvalue weighted by molar-refractivity contribution is -0.384. The van der Waals surface area contributed by atoms with Gasteiger partial charge in [0.25, 0.3) is 5.69 Å². The largest absolute Gasteiger partial charge is 0.513 e. The van der Waals surface area contributed by atoms with Gasteiger partial charge in [0.15, 0.2) is 6.29 Å². The summed E-state index contributed by atoms with van der Waals surface area (Å²) in [5.41, 5.74) is 0.295. The van der Waals surface area contributed by atoms with E-state index in [1.807, 2.05) is 0 Å². The molecule has 0 N–H and O–H groups in total. The Kier molecular flexibility index (Phi) is 8.20. The maximum absolute atomic E-state index is 11.8. The molecule has 2 unspecified atom stereocenters. The number of carbonyl (C=O) groups is 1. The maximum atomic E-state index is 11.8. The lowest BCUT2D eigenvalue weighted by atomic mass is 9.63. The summed E-state index contributed by atoms with van der Waals surface area (Å²) in [5, 5.41) is 10.6. The number of non-ortho nitro benzene ring substituents is 1. The van der Waals surface area contributed by atoms with Gasteiger partial charge in [0, 0.05) is 12.1 Å². The Morgan fingerprint density at radius 2 is 1.80 bits per heavy atom. The predicted molar refractivity (Wildman–Crippen MR) is 111 cm³/mol. The highest BCUT2D eigenvalue weighted by molar-refractivity contribution is 5.64. The Morgan fingerprint density at radius 3 is 2.40 bits per heavy atom. The van der Waals surface area contributed by atoms with Crippen LogP contribution < -0.4 is 4.74 Å². The molecular weight excluding hydrogens is 390 g/mol. The Hall–Kier alpha value is -2.19. The first-order valence-corrected chi connectivity index (χ1v) is 10.4. The summed E-state index contributed by atoms with van der Waals surface area (Å²) < 4.78 is 21.6. The molecule has 1 aromatic carbocycles. The van der Waals surface area contributed by atoms with Crippen LogP contribution in [-0.2, 0) is 14.2 Å². The Morgan fingerprint density at radius 1 is 1.17 bits per heavy atom. The van der Waals surface area contributed by atoms with Crippen LogP contribution in [0.2, 0.25) is 0 Å². The van der Waals surface area contributed by atoms with Crippen molar-refractivity contribution in [2.45, 2.75) is 72.7 Å². The van der Waals surface area contributed by atoms with Gasteiger partial charge in [-0.2, -0.15) is 0 Å². The third-order valence-electron chi connectivity index (χ3n) is 6.16. The molecule has 0 bridgehead atoms. The van der Waals surface area contributed by atoms with Crippen molar-refractivity contribution >= 4 is 11.8 Å². The summed E-state index contributed by atoms with van der Waals surface area (Å²) in [6, 6.07) is 5.19. The molecule has 1 aliphatic heterocycles. The summed E-state index contributed by atoms with van der Waals surface area (Å²) in [5.74, 6) is 0.170. The van der Waals surface area contributed by atoms with Crippen LogP contribution in [0.15, 0.2) is 24.3 Å². The lowest BCUT2D eigenvalue weighted by Gasteiger charge is -2.42. The van der Waals surface area contributed by atoms with Crippen molar-refractivity contribution in [2.75, 3.05) is 13.2 Å². The molecule has 0 aromatic heterocycles. The number of rotatable bonds is 10. The van der Waals surface area contributed by atoms with Crippen LogP contribution in [0.4, 0.5) is 10.5 Å². The number of nitro benzene ring substituents is 1. The van der Waals surface area contributed by atoms with Gasteiger partial charge in [-0.25, -0.2) is 4.79 Å². The Labute approximate surface area is 178 Å². The van der Waals surface area contributed by atoms with Crippen LogP contribution in [-0.4, -0.2) is 36.7 Å². The summed E-state index contributed by atoms with van der Waals surface area (Å²) in [6.45, 7) is 11.8. The first-order valence-electron chi connectivity index (χ1n) is 10.4. The fourth-order valence-corrected chi connectivity index (χ4v) is 3.45. The zero-order valence-corrected chi connectivity index (χ0v) is 18.5. The fraction of sp³-hybridized carbons (Fsp3) is 0.682. The molecule has 0 saturated carbocycles. The van der Waals surface area contributed by atoms with Crippen LogP contribution in [0.25, 0.3) is 0 Å². The molecule has 0 aliphatic carbocycles. The molecule has 0 radical (unpaired) electrons. The van der Waals surface area contributed by atoms with Crippen molar-refractivity contribution in [2.24, 2.45) is 10.8 Å². The molecule has 2 rings (SSSR count). The van der Waals surface area contributed by atoms with Crippen LogP contribution in [0.5, 0.6) is 5.75 Å². The Balaban J connectivity index is 1.72. The second-order valence-electron chi connectivity index (χ2n) is 8.99. The van der Waals surface area contributed by atoms with E-state index in [1.54, 1.807) is 0 Å². The van der Waals surface area contributed by atoms with Crippen molar-refractivity contribution in [1.82, 2.24) is 0 Å². The zero-order valence-electron chi connectivity index (χ0n) is 18.5. The molecule has 8 nitrogen and oxygen atoms in total. The van der Waals surface area contributed by atoms with E-state index in [0.29, 0.717) is 6.61 Å². The van der Waals surface area contributed by atoms with Crippen LogP contribution in [0.3, 0.4) is 0 Å². The van der Waals surface area contributed by atoms with Crippen LogP contribution in [0, 0.1) is 20.9 Å². The number of nitro groups is 1. The highest BCUT2D eigenvalue weighted by Gasteiger charge is 2.37. The van der Waals surface area contributed by atoms with Crippen molar-refractivity contribution in [3.05, 3.63) is 34.4 Å². The number of benzene rings is 1. The number of carbonyl (C=O) groups excluding carboxylic acids is 1. The van der Waals surface area contributed by atoms with E-state index < -0.39 is 11.1 Å². The molecule has 2 atom stereocenters. The van der Waals surface area contributed by atoms with Crippen molar-refractivity contribution < 1.29 is 28.7 Å². The smallest absolute Gasteiger partial charge is 0.431 e. The van der Waals surface area contributed by atoms with Gasteiger partial charge in [0.2, 0.25) is 0 Å². The van der Waals surface area contributed by atoms with Crippen LogP contribution >= 0.6 is 0 Å². The van der Waals surface area contributed by atoms with Gasteiger partial charge in [-0.15, -0.1) is 0 Å². The molecule has 168 valence electrons. The van der Waals surface area contributed by atoms with Crippen molar-refractivity contribution in [1.29, 1.82) is 0 Å². The quantitative estimate of drug-likeness (QED) is 0.213. The lowest BCUT2D eigenvalue weighted by Crippen LogP contribution is -2.33. The van der Waals surface area contributed by atoms with E-state index in [1.165, 1.54) is 30.7 Å². The average Bonchev–Trinajstić information content (AvgIpc) is 3.13. The van der Waals surface area contributed by atoms with E-state index in [2.05, 4.69) is 34.6 Å². The van der Waals surface area contributed by atoms with Gasteiger partial charge in [0.1, 0.15) is 18.5 Å². The molecular formula is C22H33NO7. The SMILES string of the molecule is CCCC(C)(C)C(C)(C)CCC1OCC(COC(=O)Oc2ccc([N+](=O)[O-])cc2)O1. The van der Waals surface area contributed by atoms with E-state index in [-0.39, 0.29) is 41.3 Å². The molecule has 1 heterocycles. The Bertz CT molecular complexity index is 715. The van der Waals surface area contributed by atoms with Gasteiger partial charge in [-0.05, 0) is 42.2 Å². The highest BCUT2D eigenvalue weighted by Crippen LogP contribution is 2.45. The monoisotopic (exact) mass is 423 g/mol. The molecule has 30 heavy (non-hydrogen) atoms. The second kappa shape index (κ2) is 10.2. The third-order valence-corrected chi connectivity index (χ3v) is 6.16. The van der Waals surface area contributed by atoms with Gasteiger partial charge < -0.3 is 18.9 Å². The number of ether oxygens (including phenoxy) is 4. The normalized spacial score (nSPS) is 19.5. The molecule has 0 amide bonds. The summed E-state index contributed by atoms with van der Waals surface area (Å²) in [6.07, 6.45) is 2.54. The van der Waals surface area contributed by atoms with Gasteiger partial charge in [0.05, 0.1) is 11.5 Å². The number of hydrogen-bond acceptors (Lipinski definition) is 7. The van der Waals surface area contributed by atoms with E-state index >= 15 is 0 Å². The standard InChI is InChI=1S/C22H33NO7/c1-6-12-21(2,3)22(4,5)13-11-19-27-14-18(29-19)15-28-20(24)30-17-9-7-16(8-10-17)23(25)26/h7-10,18-19H,6,11-15H2,1-5H3. The summed E-state index contributed by atoms with van der Waals surface area (Å²) in [4.78, 5) is 21.9. The summed E-state index contributed by atoms with van der Waals surface area (Å²) in [7, 11) is 0. The summed E-state index contributed by atoms with van der Waals surface area (Å²) >= 11 is 0. The van der Waals surface area contributed by atoms with E-state index in [4.69, 9.17) is 18.9 Å². The predicted octanol–water partition coefficient (Wildman–Crippen LogP) is 5.48. The first-order chi connectivity index (χ1) is 14.0. The molecule has 1 aromatic rings. The molecule has 0 spiro atoms. The van der Waals surface area contributed by atoms with E-state index in [9.17, 15) is 14.9 Å². The maximum Gasteiger partial charge on any atom is 0.513 e. The minimum absolute atomic E-state index is 0.0209. The zero-order chi connectivity index (χ0) is 22.4. The third kappa shape index (κ3) is 6.67. The van der Waals surface area contributed by atoms with Crippen molar-refractivity contribution in [3.8, 4) is 5.75 Å². The molecule has 1 aliphatic rings. The first kappa shape index (κ1) is 24.1. The highest BCUT2D eigenvalue weighted by atomic mass is 16.8. The molecule has 8 heteroatoms. The van der Waals surface area contributed by atoms with Gasteiger partial charge >= 0.3 is 6.16 Å². The molecule has 1 fully saturated rings. The topological polar surface area (TPSA) is 97.1 Å².